The highest BCUT2D eigenvalue weighted by atomic mass is 32.1. The SMILES string of the molecule is CC(C)(C(=O)O)C(c1ccccc1)c1ccc2c(cnn2-c2ccc(F)cc2)c1.CC(C)(C=O)C(c1ccccc1)c1ccc2c(cnn2-c2ccc(F)cc2)c1.CC(C)(CNc1nccs1)C(c1ccccc1)c1ccc2c(cnn2-c2ccc(F)cc2)c1. The third kappa shape index (κ3) is 13.3. The van der Waals surface area contributed by atoms with E-state index in [1.807, 2.05) is 115 Å². The summed E-state index contributed by atoms with van der Waals surface area (Å²) in [4.78, 5) is 28.3. The maximum atomic E-state index is 13.4. The molecule has 0 aliphatic rings. The molecule has 0 amide bonds. The Balaban J connectivity index is 0.000000139. The number of aliphatic carboxylic acids is 1. The Morgan fingerprint density at radius 2 is 0.844 bits per heavy atom. The molecular formula is C75H67F3N8O3S. The van der Waals surface area contributed by atoms with Gasteiger partial charge in [0, 0.05) is 57.4 Å². The number of aromatic nitrogens is 7. The van der Waals surface area contributed by atoms with Crippen LogP contribution in [0.4, 0.5) is 18.3 Å². The normalized spacial score (nSPS) is 12.8. The van der Waals surface area contributed by atoms with E-state index in [1.54, 1.807) is 83.3 Å². The summed E-state index contributed by atoms with van der Waals surface area (Å²) in [6.45, 7) is 12.8. The number of hydrogen-bond donors (Lipinski definition) is 2. The molecule has 9 aromatic carbocycles. The van der Waals surface area contributed by atoms with Gasteiger partial charge in [0.05, 0.1) is 57.6 Å². The molecule has 3 unspecified atom stereocenters. The first-order valence-electron chi connectivity index (χ1n) is 29.6. The third-order valence-corrected chi connectivity index (χ3v) is 17.3. The quantitative estimate of drug-likeness (QED) is 0.0862. The van der Waals surface area contributed by atoms with Crippen molar-refractivity contribution in [3.63, 3.8) is 0 Å². The maximum absolute atomic E-state index is 13.4. The highest BCUT2D eigenvalue weighted by Crippen LogP contribution is 2.45. The molecule has 0 saturated heterocycles. The first-order valence-corrected chi connectivity index (χ1v) is 30.5. The number of hydrogen-bond acceptors (Lipinski definition) is 8. The van der Waals surface area contributed by atoms with Crippen LogP contribution in [0.2, 0.25) is 0 Å². The molecule has 0 saturated carbocycles. The summed E-state index contributed by atoms with van der Waals surface area (Å²) >= 11 is 1.61. The van der Waals surface area contributed by atoms with E-state index in [1.165, 1.54) is 47.5 Å². The predicted octanol–water partition coefficient (Wildman–Crippen LogP) is 17.8. The van der Waals surface area contributed by atoms with Gasteiger partial charge in [-0.25, -0.2) is 32.2 Å². The molecule has 0 fully saturated rings. The van der Waals surface area contributed by atoms with Gasteiger partial charge >= 0.3 is 5.97 Å². The fourth-order valence-corrected chi connectivity index (χ4v) is 12.6. The molecule has 3 atom stereocenters. The number of halogens is 3. The first-order chi connectivity index (χ1) is 43.4. The van der Waals surface area contributed by atoms with Crippen LogP contribution in [0, 0.1) is 33.7 Å². The third-order valence-electron chi connectivity index (χ3n) is 16.6. The van der Waals surface area contributed by atoms with Crippen molar-refractivity contribution in [2.24, 2.45) is 16.2 Å². The first kappa shape index (κ1) is 61.4. The number of rotatable bonds is 17. The monoisotopic (exact) mass is 1220 g/mol. The van der Waals surface area contributed by atoms with Crippen LogP contribution in [0.5, 0.6) is 0 Å². The van der Waals surface area contributed by atoms with E-state index in [9.17, 15) is 27.9 Å². The zero-order valence-corrected chi connectivity index (χ0v) is 51.4. The molecule has 0 aliphatic carbocycles. The second kappa shape index (κ2) is 26.2. The fourth-order valence-electron chi connectivity index (χ4n) is 12.1. The number of nitrogens with one attached hydrogen (secondary N) is 1. The van der Waals surface area contributed by atoms with Crippen molar-refractivity contribution in [1.29, 1.82) is 0 Å². The average molecular weight is 1220 g/mol. The average Bonchev–Trinajstić information content (AvgIpc) is 1.94. The zero-order chi connectivity index (χ0) is 63.2. The number of aldehydes is 1. The summed E-state index contributed by atoms with van der Waals surface area (Å²) in [6, 6.07) is 67.8. The van der Waals surface area contributed by atoms with Crippen LogP contribution in [-0.4, -0.2) is 58.2 Å². The van der Waals surface area contributed by atoms with Crippen LogP contribution >= 0.6 is 11.3 Å². The Bertz CT molecular complexity index is 4550. The van der Waals surface area contributed by atoms with Crippen molar-refractivity contribution in [3.8, 4) is 17.1 Å². The van der Waals surface area contributed by atoms with Crippen molar-refractivity contribution in [1.82, 2.24) is 34.3 Å². The van der Waals surface area contributed by atoms with Crippen LogP contribution in [0.15, 0.2) is 249 Å². The zero-order valence-electron chi connectivity index (χ0n) is 50.6. The van der Waals surface area contributed by atoms with Gasteiger partial charge in [0.2, 0.25) is 0 Å². The van der Waals surface area contributed by atoms with Gasteiger partial charge < -0.3 is 15.2 Å². The van der Waals surface area contributed by atoms with E-state index in [0.29, 0.717) is 0 Å². The van der Waals surface area contributed by atoms with Gasteiger partial charge in [0.15, 0.2) is 5.13 Å². The van der Waals surface area contributed by atoms with E-state index in [2.05, 4.69) is 106 Å². The number of fused-ring (bicyclic) bond motifs is 3. The summed E-state index contributed by atoms with van der Waals surface area (Å²) in [7, 11) is 0. The van der Waals surface area contributed by atoms with Crippen molar-refractivity contribution in [2.75, 3.05) is 11.9 Å². The molecule has 11 nitrogen and oxygen atoms in total. The van der Waals surface area contributed by atoms with Crippen LogP contribution in [-0.2, 0) is 9.59 Å². The summed E-state index contributed by atoms with van der Waals surface area (Å²) < 4.78 is 45.2. The van der Waals surface area contributed by atoms with Gasteiger partial charge in [0.25, 0.3) is 0 Å². The van der Waals surface area contributed by atoms with E-state index in [0.717, 1.165) is 90.0 Å². The Hall–Kier alpha value is -10.3. The minimum absolute atomic E-state index is 0.0650. The van der Waals surface area contributed by atoms with E-state index >= 15 is 0 Å². The molecule has 90 heavy (non-hydrogen) atoms. The molecule has 0 spiro atoms. The molecule has 452 valence electrons. The van der Waals surface area contributed by atoms with Gasteiger partial charge in [-0.1, -0.05) is 137 Å². The molecule has 4 aromatic heterocycles. The lowest BCUT2D eigenvalue weighted by atomic mass is 9.71. The fraction of sp³-hybridized carbons (Fsp3) is 0.173. The van der Waals surface area contributed by atoms with Crippen LogP contribution in [0.1, 0.15) is 92.7 Å². The number of carbonyl (C=O) groups is 2. The highest BCUT2D eigenvalue weighted by Gasteiger charge is 2.39. The number of anilines is 1. The van der Waals surface area contributed by atoms with Gasteiger partial charge in [-0.2, -0.15) is 15.3 Å². The van der Waals surface area contributed by atoms with E-state index in [4.69, 9.17) is 0 Å². The van der Waals surface area contributed by atoms with Crippen molar-refractivity contribution < 1.29 is 27.9 Å². The van der Waals surface area contributed by atoms with Gasteiger partial charge in [0.1, 0.15) is 23.7 Å². The number of carboxylic acids is 1. The van der Waals surface area contributed by atoms with Gasteiger partial charge in [-0.3, -0.25) is 4.79 Å². The summed E-state index contributed by atoms with van der Waals surface area (Å²) in [5, 5.41) is 32.7. The molecular weight excluding hydrogens is 1150 g/mol. The molecule has 13 aromatic rings. The lowest BCUT2D eigenvalue weighted by Crippen LogP contribution is -2.32. The van der Waals surface area contributed by atoms with Crippen molar-refractivity contribution in [3.05, 3.63) is 299 Å². The second-order valence-electron chi connectivity index (χ2n) is 24.2. The lowest BCUT2D eigenvalue weighted by Gasteiger charge is -2.35. The Kier molecular flexibility index (Phi) is 17.9. The largest absolute Gasteiger partial charge is 0.481 e. The van der Waals surface area contributed by atoms with Crippen LogP contribution < -0.4 is 5.32 Å². The molecule has 2 N–H and O–H groups in total. The Labute approximate surface area is 524 Å². The molecule has 0 aliphatic heterocycles. The Morgan fingerprint density at radius 3 is 1.20 bits per heavy atom. The van der Waals surface area contributed by atoms with E-state index < -0.39 is 16.8 Å². The smallest absolute Gasteiger partial charge is 0.310 e. The number of thiazole rings is 1. The molecule has 0 radical (unpaired) electrons. The van der Waals surface area contributed by atoms with Crippen molar-refractivity contribution >= 4 is 61.4 Å². The molecule has 4 heterocycles. The summed E-state index contributed by atoms with van der Waals surface area (Å²) in [5.41, 5.74) is 10.1. The summed E-state index contributed by atoms with van der Waals surface area (Å²) in [6.07, 6.45) is 8.28. The number of carbonyl (C=O) groups excluding carboxylic acids is 1. The van der Waals surface area contributed by atoms with Gasteiger partial charge in [-0.05, 0) is 162 Å². The standard InChI is InChI=1S/C27H25FN4S.C24H21FN2O2.C24H21FN2O/c1-27(2,18-30-26-29-14-15-33-26)25(19-6-4-3-5-7-19)20-8-13-24-21(16-20)17-31-32(24)23-11-9-22(28)10-12-23;1-24(2,23(28)29)22(16-6-4-3-5-7-16)17-8-13-21-18(14-17)15-26-27(21)20-11-9-19(25)10-12-20;1-24(2,16-28)23(17-6-4-3-5-7-17)18-8-13-22-19(14-18)15-26-27(22)21-11-9-20(25)10-12-21/h3-17,25H,18H2,1-2H3,(H,29,30);3-15,22H,1-2H3,(H,28,29);3-16,23H,1-2H3. The molecule has 13 rings (SSSR count). The van der Waals surface area contributed by atoms with Crippen LogP contribution in [0.3, 0.4) is 0 Å². The minimum atomic E-state index is -0.998. The number of benzene rings is 9. The molecule has 15 heteroatoms. The van der Waals surface area contributed by atoms with Crippen LogP contribution in [0.25, 0.3) is 49.8 Å². The number of nitrogens with zero attached hydrogens (tertiary/aromatic N) is 7. The topological polar surface area (TPSA) is 133 Å². The van der Waals surface area contributed by atoms with Gasteiger partial charge in [-0.15, -0.1) is 11.3 Å². The second-order valence-corrected chi connectivity index (χ2v) is 25.1. The Morgan fingerprint density at radius 1 is 0.489 bits per heavy atom. The number of carboxylic acid groups (broad SMARTS) is 1. The maximum Gasteiger partial charge on any atom is 0.310 e. The summed E-state index contributed by atoms with van der Waals surface area (Å²) in [5.74, 6) is -1.89. The lowest BCUT2D eigenvalue weighted by molar-refractivity contribution is -0.147. The highest BCUT2D eigenvalue weighted by molar-refractivity contribution is 7.13. The van der Waals surface area contributed by atoms with E-state index in [-0.39, 0.29) is 40.6 Å². The molecule has 0 bridgehead atoms. The predicted molar refractivity (Wildman–Crippen MR) is 354 cm³/mol. The van der Waals surface area contributed by atoms with Crippen molar-refractivity contribution in [2.45, 2.75) is 59.3 Å². The minimum Gasteiger partial charge on any atom is -0.481 e.